The van der Waals surface area contributed by atoms with Crippen LogP contribution in [0.2, 0.25) is 0 Å². The molecular weight excluding hydrogens is 216 g/mol. The lowest BCUT2D eigenvalue weighted by molar-refractivity contribution is -0.138. The minimum Gasteiger partial charge on any atom is -0.480 e. The number of hydrogen-bond acceptors (Lipinski definition) is 5. The molecule has 0 aliphatic carbocycles. The van der Waals surface area contributed by atoms with Crippen molar-refractivity contribution in [2.75, 3.05) is 13.2 Å². The summed E-state index contributed by atoms with van der Waals surface area (Å²) < 4.78 is 4.55. The number of aliphatic carboxylic acids is 1. The highest BCUT2D eigenvalue weighted by atomic mass is 16.7. The van der Waals surface area contributed by atoms with Gasteiger partial charge in [-0.15, -0.1) is 0 Å². The van der Waals surface area contributed by atoms with E-state index < -0.39 is 18.1 Å². The van der Waals surface area contributed by atoms with Crippen molar-refractivity contribution >= 4 is 12.1 Å². The third-order valence-corrected chi connectivity index (χ3v) is 1.57. The topological polar surface area (TPSA) is 111 Å². The molecule has 7 heteroatoms. The van der Waals surface area contributed by atoms with Crippen LogP contribution < -0.4 is 11.2 Å². The first kappa shape index (κ1) is 14.4. The molecule has 0 aromatic rings. The zero-order chi connectivity index (χ0) is 12.4. The number of amides is 1. The van der Waals surface area contributed by atoms with Gasteiger partial charge in [0, 0.05) is 0 Å². The summed E-state index contributed by atoms with van der Waals surface area (Å²) in [6, 6.07) is -0.906. The predicted molar refractivity (Wildman–Crippen MR) is 55.5 cm³/mol. The van der Waals surface area contributed by atoms with E-state index in [0.29, 0.717) is 6.42 Å². The van der Waals surface area contributed by atoms with Crippen molar-refractivity contribution in [3.63, 3.8) is 0 Å². The largest absolute Gasteiger partial charge is 0.480 e. The fourth-order valence-corrected chi connectivity index (χ4v) is 0.773. The monoisotopic (exact) mass is 232 g/mol. The van der Waals surface area contributed by atoms with Gasteiger partial charge in [0.15, 0.2) is 0 Å². The fourth-order valence-electron chi connectivity index (χ4n) is 0.773. The molecule has 0 unspecified atom stereocenters. The quantitative estimate of drug-likeness (QED) is 0.309. The molecule has 0 radical (unpaired) electrons. The Hall–Kier alpha value is -1.60. The summed E-state index contributed by atoms with van der Waals surface area (Å²) in [4.78, 5) is 25.8. The van der Waals surface area contributed by atoms with Gasteiger partial charge in [-0.3, -0.25) is 9.63 Å². The van der Waals surface area contributed by atoms with Gasteiger partial charge in [0.1, 0.15) is 12.6 Å². The minimum absolute atomic E-state index is 0.0963. The van der Waals surface area contributed by atoms with Crippen LogP contribution in [0.15, 0.2) is 12.7 Å². The molecule has 0 aromatic carbocycles. The van der Waals surface area contributed by atoms with Crippen LogP contribution in [0.5, 0.6) is 0 Å². The average Bonchev–Trinajstić information content (AvgIpc) is 2.25. The molecule has 1 atom stereocenters. The SMILES string of the molecule is C=CCOC(=O)NOCCC[C@H](N)C(=O)O. The molecule has 4 N–H and O–H groups in total. The van der Waals surface area contributed by atoms with E-state index in [4.69, 9.17) is 15.7 Å². The lowest BCUT2D eigenvalue weighted by Crippen LogP contribution is -2.31. The zero-order valence-electron chi connectivity index (χ0n) is 8.85. The molecule has 16 heavy (non-hydrogen) atoms. The van der Waals surface area contributed by atoms with Crippen LogP contribution in [0.1, 0.15) is 12.8 Å². The van der Waals surface area contributed by atoms with E-state index in [1.54, 1.807) is 0 Å². The molecule has 0 saturated heterocycles. The number of nitrogens with one attached hydrogen (secondary N) is 1. The van der Waals surface area contributed by atoms with Gasteiger partial charge >= 0.3 is 12.1 Å². The van der Waals surface area contributed by atoms with Crippen molar-refractivity contribution in [2.45, 2.75) is 18.9 Å². The number of ether oxygens (including phenoxy) is 1. The maximum Gasteiger partial charge on any atom is 0.431 e. The summed E-state index contributed by atoms with van der Waals surface area (Å²) >= 11 is 0. The number of carbonyl (C=O) groups is 2. The molecular formula is C9H16N2O5. The molecule has 0 heterocycles. The van der Waals surface area contributed by atoms with Gasteiger partial charge < -0.3 is 15.6 Å². The van der Waals surface area contributed by atoms with E-state index in [0.717, 1.165) is 0 Å². The number of carboxylic acids is 1. The molecule has 0 rings (SSSR count). The first-order chi connectivity index (χ1) is 7.57. The second-order valence-corrected chi connectivity index (χ2v) is 2.92. The highest BCUT2D eigenvalue weighted by Crippen LogP contribution is 1.94. The van der Waals surface area contributed by atoms with Crippen LogP contribution in [0, 0.1) is 0 Å². The molecule has 7 nitrogen and oxygen atoms in total. The Bertz CT molecular complexity index is 244. The van der Waals surface area contributed by atoms with Crippen LogP contribution in [-0.2, 0) is 14.4 Å². The first-order valence-electron chi connectivity index (χ1n) is 4.71. The zero-order valence-corrected chi connectivity index (χ0v) is 8.85. The van der Waals surface area contributed by atoms with Crippen LogP contribution in [0.25, 0.3) is 0 Å². The Morgan fingerprint density at radius 1 is 1.56 bits per heavy atom. The van der Waals surface area contributed by atoms with Crippen LogP contribution in [0.3, 0.4) is 0 Å². The number of rotatable bonds is 8. The second-order valence-electron chi connectivity index (χ2n) is 2.92. The van der Waals surface area contributed by atoms with Gasteiger partial charge in [0.2, 0.25) is 0 Å². The van der Waals surface area contributed by atoms with E-state index in [-0.39, 0.29) is 19.6 Å². The number of carbonyl (C=O) groups excluding carboxylic acids is 1. The third kappa shape index (κ3) is 7.77. The number of carboxylic acid groups (broad SMARTS) is 1. The van der Waals surface area contributed by atoms with Crippen molar-refractivity contribution in [2.24, 2.45) is 5.73 Å². The molecule has 92 valence electrons. The van der Waals surface area contributed by atoms with Gasteiger partial charge in [-0.25, -0.2) is 4.79 Å². The van der Waals surface area contributed by atoms with Crippen molar-refractivity contribution in [1.82, 2.24) is 5.48 Å². The van der Waals surface area contributed by atoms with Gasteiger partial charge in [-0.1, -0.05) is 12.7 Å². The Kier molecular flexibility index (Phi) is 7.82. The van der Waals surface area contributed by atoms with Crippen LogP contribution in [0.4, 0.5) is 4.79 Å². The van der Waals surface area contributed by atoms with Crippen molar-refractivity contribution in [3.05, 3.63) is 12.7 Å². The smallest absolute Gasteiger partial charge is 0.431 e. The molecule has 0 aliphatic heterocycles. The second kappa shape index (κ2) is 8.69. The summed E-state index contributed by atoms with van der Waals surface area (Å²) in [6.45, 7) is 3.63. The Balaban J connectivity index is 3.36. The summed E-state index contributed by atoms with van der Waals surface area (Å²) in [5.74, 6) is -1.06. The summed E-state index contributed by atoms with van der Waals surface area (Å²) in [6.07, 6.45) is 1.40. The van der Waals surface area contributed by atoms with Crippen LogP contribution >= 0.6 is 0 Å². The lowest BCUT2D eigenvalue weighted by atomic mass is 10.2. The van der Waals surface area contributed by atoms with Crippen molar-refractivity contribution in [3.8, 4) is 0 Å². The molecule has 0 fully saturated rings. The predicted octanol–water partition coefficient (Wildman–Crippen LogP) is 0.0223. The molecule has 0 aromatic heterocycles. The van der Waals surface area contributed by atoms with Crippen molar-refractivity contribution < 1.29 is 24.3 Å². The normalized spacial score (nSPS) is 11.6. The molecule has 0 saturated carbocycles. The third-order valence-electron chi connectivity index (χ3n) is 1.57. The number of hydroxylamine groups is 1. The Morgan fingerprint density at radius 2 is 2.25 bits per heavy atom. The van der Waals surface area contributed by atoms with Crippen LogP contribution in [-0.4, -0.2) is 36.4 Å². The molecule has 1 amide bonds. The summed E-state index contributed by atoms with van der Waals surface area (Å²) in [5.41, 5.74) is 7.27. The molecule has 0 aliphatic rings. The van der Waals surface area contributed by atoms with E-state index in [2.05, 4.69) is 11.3 Å². The number of nitrogens with two attached hydrogens (primary N) is 1. The first-order valence-corrected chi connectivity index (χ1v) is 4.71. The summed E-state index contributed by atoms with van der Waals surface area (Å²) in [7, 11) is 0. The van der Waals surface area contributed by atoms with Gasteiger partial charge in [0.05, 0.1) is 6.61 Å². The summed E-state index contributed by atoms with van der Waals surface area (Å²) in [5, 5.41) is 8.46. The van der Waals surface area contributed by atoms with Gasteiger partial charge in [0.25, 0.3) is 0 Å². The Labute approximate surface area is 93.2 Å². The number of hydrogen-bond donors (Lipinski definition) is 3. The highest BCUT2D eigenvalue weighted by molar-refractivity contribution is 5.72. The van der Waals surface area contributed by atoms with E-state index >= 15 is 0 Å². The van der Waals surface area contributed by atoms with E-state index in [9.17, 15) is 9.59 Å². The average molecular weight is 232 g/mol. The van der Waals surface area contributed by atoms with E-state index in [1.165, 1.54) is 6.08 Å². The maximum atomic E-state index is 10.8. The van der Waals surface area contributed by atoms with E-state index in [1.807, 2.05) is 5.48 Å². The highest BCUT2D eigenvalue weighted by Gasteiger charge is 2.10. The lowest BCUT2D eigenvalue weighted by Gasteiger charge is -2.07. The van der Waals surface area contributed by atoms with Gasteiger partial charge in [-0.2, -0.15) is 5.48 Å². The molecule has 0 bridgehead atoms. The maximum absolute atomic E-state index is 10.8. The molecule has 0 spiro atoms. The fraction of sp³-hybridized carbons (Fsp3) is 0.556. The minimum atomic E-state index is -1.06. The van der Waals surface area contributed by atoms with Gasteiger partial charge in [-0.05, 0) is 12.8 Å². The van der Waals surface area contributed by atoms with Crippen molar-refractivity contribution in [1.29, 1.82) is 0 Å². The standard InChI is InChI=1S/C9H16N2O5/c1-2-5-15-9(14)11-16-6-3-4-7(10)8(12)13/h2,7H,1,3-6,10H2,(H,11,14)(H,12,13)/t7-/m0/s1. The Morgan fingerprint density at radius 3 is 2.81 bits per heavy atom.